The summed E-state index contributed by atoms with van der Waals surface area (Å²) in [4.78, 5) is 2.18. The zero-order valence-electron chi connectivity index (χ0n) is 15.6. The fraction of sp³-hybridized carbons (Fsp3) is 0.647. The van der Waals surface area contributed by atoms with Gasteiger partial charge in [-0.15, -0.1) is 0 Å². The topological polar surface area (TPSA) is 74.8 Å². The van der Waals surface area contributed by atoms with Crippen LogP contribution in [0.15, 0.2) is 17.0 Å². The van der Waals surface area contributed by atoms with Gasteiger partial charge in [-0.1, -0.05) is 6.07 Å². The highest BCUT2D eigenvalue weighted by atomic mass is 32.2. The van der Waals surface area contributed by atoms with Crippen LogP contribution in [0.1, 0.15) is 23.1 Å². The predicted octanol–water partition coefficient (Wildman–Crippen LogP) is 1.35. The van der Waals surface area contributed by atoms with E-state index in [-0.39, 0.29) is 22.9 Å². The van der Waals surface area contributed by atoms with E-state index < -0.39 is 25.9 Å². The molecule has 1 aromatic rings. The highest BCUT2D eigenvalue weighted by Gasteiger charge is 2.39. The minimum absolute atomic E-state index is 0.0531. The molecule has 1 aliphatic rings. The van der Waals surface area contributed by atoms with E-state index >= 15 is 0 Å². The van der Waals surface area contributed by atoms with Crippen LogP contribution in [0.3, 0.4) is 0 Å². The van der Waals surface area contributed by atoms with Crippen molar-refractivity contribution < 1.29 is 16.8 Å². The van der Waals surface area contributed by atoms with Gasteiger partial charge in [-0.25, -0.2) is 16.8 Å². The number of hydrogen-bond acceptors (Lipinski definition) is 5. The van der Waals surface area contributed by atoms with Gasteiger partial charge in [0, 0.05) is 19.1 Å². The summed E-state index contributed by atoms with van der Waals surface area (Å²) in [5.41, 5.74) is 2.65. The normalized spacial score (nSPS) is 20.5. The van der Waals surface area contributed by atoms with Gasteiger partial charge >= 0.3 is 0 Å². The highest BCUT2D eigenvalue weighted by molar-refractivity contribution is 7.92. The maximum atomic E-state index is 13.3. The van der Waals surface area contributed by atoms with Crippen molar-refractivity contribution in [1.82, 2.24) is 9.21 Å². The lowest BCUT2D eigenvalue weighted by atomic mass is 10.1. The lowest BCUT2D eigenvalue weighted by Crippen LogP contribution is -2.44. The van der Waals surface area contributed by atoms with Crippen LogP contribution in [-0.4, -0.2) is 70.8 Å². The van der Waals surface area contributed by atoms with E-state index in [0.29, 0.717) is 18.5 Å². The fourth-order valence-corrected chi connectivity index (χ4v) is 6.90. The molecule has 0 saturated carbocycles. The summed E-state index contributed by atoms with van der Waals surface area (Å²) in [6, 6.07) is 3.08. The second-order valence-electron chi connectivity index (χ2n) is 7.18. The molecule has 142 valence electrons. The SMILES string of the molecule is Cc1cc(C)c(S(=O)(=O)N(CCN(C)C)[C@H]2CCS(=O)(=O)C2)cc1C. The molecule has 1 atom stereocenters. The highest BCUT2D eigenvalue weighted by Crippen LogP contribution is 2.28. The Bertz CT molecular complexity index is 846. The van der Waals surface area contributed by atoms with Gasteiger partial charge in [0.1, 0.15) is 0 Å². The van der Waals surface area contributed by atoms with E-state index in [1.807, 2.05) is 38.9 Å². The first kappa shape index (κ1) is 20.4. The van der Waals surface area contributed by atoms with Crippen LogP contribution in [0, 0.1) is 20.8 Å². The van der Waals surface area contributed by atoms with E-state index in [1.54, 1.807) is 13.0 Å². The summed E-state index contributed by atoms with van der Waals surface area (Å²) >= 11 is 0. The Labute approximate surface area is 151 Å². The first-order chi connectivity index (χ1) is 11.4. The van der Waals surface area contributed by atoms with Crippen molar-refractivity contribution in [3.8, 4) is 0 Å². The maximum Gasteiger partial charge on any atom is 0.243 e. The molecule has 1 heterocycles. The third-order valence-corrected chi connectivity index (χ3v) is 8.61. The Morgan fingerprint density at radius 2 is 1.64 bits per heavy atom. The molecule has 0 N–H and O–H groups in total. The Kier molecular flexibility index (Phi) is 5.98. The summed E-state index contributed by atoms with van der Waals surface area (Å²) in [7, 11) is -3.18. The lowest BCUT2D eigenvalue weighted by Gasteiger charge is -2.29. The molecule has 6 nitrogen and oxygen atoms in total. The van der Waals surface area contributed by atoms with Crippen LogP contribution in [0.25, 0.3) is 0 Å². The zero-order chi connectivity index (χ0) is 19.0. The molecule has 0 spiro atoms. The number of benzene rings is 1. The number of hydrogen-bond donors (Lipinski definition) is 0. The van der Waals surface area contributed by atoms with Crippen molar-refractivity contribution in [2.75, 3.05) is 38.7 Å². The van der Waals surface area contributed by atoms with Crippen molar-refractivity contribution in [3.05, 3.63) is 28.8 Å². The summed E-state index contributed by atoms with van der Waals surface area (Å²) in [5.74, 6) is -0.0406. The van der Waals surface area contributed by atoms with Crippen LogP contribution in [0.5, 0.6) is 0 Å². The minimum atomic E-state index is -3.76. The van der Waals surface area contributed by atoms with Gasteiger partial charge in [-0.05, 0) is 64.0 Å². The first-order valence-corrected chi connectivity index (χ1v) is 11.6. The molecular formula is C17H28N2O4S2. The number of likely N-dealkylation sites (N-methyl/N-ethyl adjacent to an activating group) is 1. The van der Waals surface area contributed by atoms with Crippen molar-refractivity contribution in [2.45, 2.75) is 38.1 Å². The summed E-state index contributed by atoms with van der Waals surface area (Å²) < 4.78 is 51.8. The zero-order valence-corrected chi connectivity index (χ0v) is 17.2. The van der Waals surface area contributed by atoms with E-state index in [9.17, 15) is 16.8 Å². The van der Waals surface area contributed by atoms with Crippen molar-refractivity contribution in [2.24, 2.45) is 0 Å². The van der Waals surface area contributed by atoms with Crippen LogP contribution < -0.4 is 0 Å². The average Bonchev–Trinajstić information content (AvgIpc) is 2.82. The van der Waals surface area contributed by atoms with Crippen LogP contribution >= 0.6 is 0 Å². The number of sulfone groups is 1. The Hall–Kier alpha value is -0.960. The van der Waals surface area contributed by atoms with Gasteiger partial charge in [0.2, 0.25) is 10.0 Å². The Balaban J connectivity index is 2.46. The monoisotopic (exact) mass is 388 g/mol. The van der Waals surface area contributed by atoms with E-state index in [2.05, 4.69) is 0 Å². The molecular weight excluding hydrogens is 360 g/mol. The minimum Gasteiger partial charge on any atom is -0.308 e. The number of nitrogens with zero attached hydrogens (tertiary/aromatic N) is 2. The molecule has 0 radical (unpaired) electrons. The van der Waals surface area contributed by atoms with Crippen LogP contribution in [0.2, 0.25) is 0 Å². The molecule has 0 aliphatic carbocycles. The molecule has 1 saturated heterocycles. The van der Waals surface area contributed by atoms with Crippen molar-refractivity contribution >= 4 is 19.9 Å². The second-order valence-corrected chi connectivity index (χ2v) is 11.3. The molecule has 0 amide bonds. The van der Waals surface area contributed by atoms with Crippen LogP contribution in [0.4, 0.5) is 0 Å². The molecule has 1 aromatic carbocycles. The largest absolute Gasteiger partial charge is 0.308 e. The quantitative estimate of drug-likeness (QED) is 0.735. The third kappa shape index (κ3) is 4.61. The smallest absolute Gasteiger partial charge is 0.243 e. The third-order valence-electron chi connectivity index (χ3n) is 4.76. The number of rotatable bonds is 6. The van der Waals surface area contributed by atoms with Gasteiger partial charge in [0.25, 0.3) is 0 Å². The van der Waals surface area contributed by atoms with Crippen LogP contribution in [-0.2, 0) is 19.9 Å². The predicted molar refractivity (Wildman–Crippen MR) is 100 cm³/mol. The first-order valence-electron chi connectivity index (χ1n) is 8.39. The van der Waals surface area contributed by atoms with Crippen molar-refractivity contribution in [3.63, 3.8) is 0 Å². The van der Waals surface area contributed by atoms with Crippen molar-refractivity contribution in [1.29, 1.82) is 0 Å². The Morgan fingerprint density at radius 1 is 1.04 bits per heavy atom. The standard InChI is InChI=1S/C17H28N2O4S2/c1-13-10-15(3)17(11-14(13)2)25(22,23)19(8-7-18(4)5)16-6-9-24(20,21)12-16/h10-11,16H,6-9,12H2,1-5H3/t16-/m0/s1. The maximum absolute atomic E-state index is 13.3. The summed E-state index contributed by atoms with van der Waals surface area (Å²) in [5, 5.41) is 0. The van der Waals surface area contributed by atoms with E-state index in [0.717, 1.165) is 11.1 Å². The van der Waals surface area contributed by atoms with Gasteiger partial charge in [-0.2, -0.15) is 4.31 Å². The summed E-state index contributed by atoms with van der Waals surface area (Å²) in [6.45, 7) is 6.44. The van der Waals surface area contributed by atoms with Gasteiger partial charge in [0.15, 0.2) is 9.84 Å². The molecule has 8 heteroatoms. The molecule has 0 bridgehead atoms. The number of sulfonamides is 1. The molecule has 0 aromatic heterocycles. The van der Waals surface area contributed by atoms with Gasteiger partial charge in [-0.3, -0.25) is 0 Å². The molecule has 25 heavy (non-hydrogen) atoms. The Morgan fingerprint density at radius 3 is 2.16 bits per heavy atom. The lowest BCUT2D eigenvalue weighted by molar-refractivity contribution is 0.293. The summed E-state index contributed by atoms with van der Waals surface area (Å²) in [6.07, 6.45) is 0.360. The fourth-order valence-electron chi connectivity index (χ4n) is 3.14. The average molecular weight is 389 g/mol. The van der Waals surface area contributed by atoms with Gasteiger partial charge in [0.05, 0.1) is 16.4 Å². The van der Waals surface area contributed by atoms with Gasteiger partial charge < -0.3 is 4.90 Å². The van der Waals surface area contributed by atoms with E-state index in [4.69, 9.17) is 0 Å². The molecule has 1 fully saturated rings. The molecule has 1 aliphatic heterocycles. The van der Waals surface area contributed by atoms with E-state index in [1.165, 1.54) is 4.31 Å². The molecule has 0 unspecified atom stereocenters. The number of aryl methyl sites for hydroxylation is 3. The second kappa shape index (κ2) is 7.34. The molecule has 2 rings (SSSR count).